The molecular formula is C22H26N3O3S+. The number of anilines is 1. The highest BCUT2D eigenvalue weighted by molar-refractivity contribution is 7.16. The molecule has 7 heteroatoms. The largest absolute Gasteiger partial charge is 0.452 e. The number of benzene rings is 1. The number of thiophene rings is 1. The van der Waals surface area contributed by atoms with Crippen LogP contribution < -0.4 is 10.6 Å². The first-order valence-corrected chi connectivity index (χ1v) is 10.3. The summed E-state index contributed by atoms with van der Waals surface area (Å²) in [5, 5.41) is 15.3. The lowest BCUT2D eigenvalue weighted by atomic mass is 9.81. The van der Waals surface area contributed by atoms with Gasteiger partial charge in [-0.2, -0.15) is 5.26 Å². The number of hydrogen-bond acceptors (Lipinski definition) is 5. The molecule has 3 N–H and O–H groups in total. The third kappa shape index (κ3) is 4.50. The maximum Gasteiger partial charge on any atom is 0.338 e. The fourth-order valence-corrected chi connectivity index (χ4v) is 5.32. The number of esters is 1. The summed E-state index contributed by atoms with van der Waals surface area (Å²) in [7, 11) is 0. The van der Waals surface area contributed by atoms with Gasteiger partial charge in [-0.15, -0.1) is 11.3 Å². The van der Waals surface area contributed by atoms with Gasteiger partial charge < -0.3 is 15.4 Å². The van der Waals surface area contributed by atoms with Crippen molar-refractivity contribution >= 4 is 28.2 Å². The van der Waals surface area contributed by atoms with Crippen LogP contribution in [0.15, 0.2) is 24.3 Å². The molecule has 0 radical (unpaired) electrons. The Morgan fingerprint density at radius 3 is 2.69 bits per heavy atom. The van der Waals surface area contributed by atoms with Crippen molar-refractivity contribution in [2.45, 2.75) is 52.1 Å². The number of carbonyl (C=O) groups excluding carboxylic acids is 2. The molecule has 1 aromatic heterocycles. The second-order valence-electron chi connectivity index (χ2n) is 8.75. The maximum absolute atomic E-state index is 12.4. The summed E-state index contributed by atoms with van der Waals surface area (Å²) in [5.41, 5.74) is 2.64. The van der Waals surface area contributed by atoms with Crippen molar-refractivity contribution in [3.63, 3.8) is 0 Å². The molecule has 0 aliphatic carbocycles. The van der Waals surface area contributed by atoms with E-state index in [0.717, 1.165) is 22.4 Å². The second-order valence-corrected chi connectivity index (χ2v) is 9.77. The van der Waals surface area contributed by atoms with Crippen LogP contribution >= 0.6 is 11.3 Å². The number of hydrogen-bond donors (Lipinski definition) is 2. The van der Waals surface area contributed by atoms with Crippen LogP contribution in [0.3, 0.4) is 0 Å². The number of nitrogens with one attached hydrogen (secondary N) is 1. The van der Waals surface area contributed by atoms with Gasteiger partial charge in [0, 0.05) is 6.42 Å². The Morgan fingerprint density at radius 2 is 2.03 bits per heavy atom. The highest BCUT2D eigenvalue weighted by Crippen LogP contribution is 2.41. The molecule has 0 fully saturated rings. The van der Waals surface area contributed by atoms with Gasteiger partial charge in [0.25, 0.3) is 5.91 Å². The first-order chi connectivity index (χ1) is 13.5. The van der Waals surface area contributed by atoms with Crippen LogP contribution in [0.2, 0.25) is 0 Å². The van der Waals surface area contributed by atoms with Crippen molar-refractivity contribution in [2.75, 3.05) is 11.9 Å². The van der Waals surface area contributed by atoms with Crippen LogP contribution in [-0.2, 0) is 21.5 Å². The first kappa shape index (κ1) is 21.0. The first-order valence-electron chi connectivity index (χ1n) is 9.49. The number of aryl methyl sites for hydroxylation is 1. The molecule has 0 spiro atoms. The Labute approximate surface area is 174 Å². The van der Waals surface area contributed by atoms with Crippen molar-refractivity contribution in [1.29, 1.82) is 5.26 Å². The van der Waals surface area contributed by atoms with Crippen LogP contribution in [0.25, 0.3) is 0 Å². The van der Waals surface area contributed by atoms with E-state index in [0.29, 0.717) is 16.1 Å². The fourth-order valence-electron chi connectivity index (χ4n) is 4.06. The van der Waals surface area contributed by atoms with E-state index >= 15 is 0 Å². The number of quaternary nitrogens is 1. The molecule has 1 aliphatic heterocycles. The average molecular weight is 413 g/mol. The standard InChI is InChI=1S/C22H25N3O3S/c1-13-7-6-8-14(9-13)20(27)28-12-17(26)24-19-16(11-23)15-10-21(2,3)25-22(4,5)18(15)29-19/h6-9,25H,10,12H2,1-5H3,(H,24,26)/p+1. The maximum atomic E-state index is 12.4. The second kappa shape index (κ2) is 7.62. The van der Waals surface area contributed by atoms with Gasteiger partial charge in [0.05, 0.1) is 21.5 Å². The molecule has 0 saturated heterocycles. The molecule has 2 aromatic rings. The zero-order chi connectivity index (χ0) is 21.4. The monoisotopic (exact) mass is 412 g/mol. The Kier molecular flexibility index (Phi) is 5.52. The molecule has 0 atom stereocenters. The van der Waals surface area contributed by atoms with E-state index in [1.807, 2.05) is 13.0 Å². The van der Waals surface area contributed by atoms with Gasteiger partial charge in [-0.05, 0) is 52.3 Å². The SMILES string of the molecule is Cc1cccc(C(=O)OCC(=O)Nc2sc3c(c2C#N)CC(C)(C)[NH2+]C3(C)C)c1. The Bertz CT molecular complexity index is 1010. The summed E-state index contributed by atoms with van der Waals surface area (Å²) in [6.07, 6.45) is 0.753. The van der Waals surface area contributed by atoms with Crippen molar-refractivity contribution in [3.05, 3.63) is 51.4 Å². The van der Waals surface area contributed by atoms with Gasteiger partial charge in [-0.25, -0.2) is 4.79 Å². The minimum atomic E-state index is -0.549. The lowest BCUT2D eigenvalue weighted by molar-refractivity contribution is -0.789. The third-order valence-electron chi connectivity index (χ3n) is 4.93. The van der Waals surface area contributed by atoms with Crippen LogP contribution in [0, 0.1) is 18.3 Å². The molecule has 0 bridgehead atoms. The quantitative estimate of drug-likeness (QED) is 0.755. The van der Waals surface area contributed by atoms with Crippen molar-refractivity contribution in [2.24, 2.45) is 0 Å². The van der Waals surface area contributed by atoms with Gasteiger partial charge in [0.2, 0.25) is 0 Å². The lowest BCUT2D eigenvalue weighted by Gasteiger charge is -2.38. The van der Waals surface area contributed by atoms with E-state index in [4.69, 9.17) is 4.74 Å². The fraction of sp³-hybridized carbons (Fsp3) is 0.409. The topological polar surface area (TPSA) is 95.8 Å². The van der Waals surface area contributed by atoms with E-state index in [1.165, 1.54) is 11.3 Å². The molecule has 0 unspecified atom stereocenters. The van der Waals surface area contributed by atoms with Crippen LogP contribution in [0.1, 0.15) is 59.6 Å². The summed E-state index contributed by atoms with van der Waals surface area (Å²) in [6.45, 7) is 10.0. The van der Waals surface area contributed by atoms with Gasteiger partial charge in [0.15, 0.2) is 6.61 Å². The average Bonchev–Trinajstić information content (AvgIpc) is 2.95. The smallest absolute Gasteiger partial charge is 0.338 e. The number of nitrogens with zero attached hydrogens (tertiary/aromatic N) is 1. The zero-order valence-electron chi connectivity index (χ0n) is 17.4. The Hall–Kier alpha value is -2.69. The molecule has 0 saturated carbocycles. The molecule has 29 heavy (non-hydrogen) atoms. The zero-order valence-corrected chi connectivity index (χ0v) is 18.2. The predicted molar refractivity (Wildman–Crippen MR) is 112 cm³/mol. The predicted octanol–water partition coefficient (Wildman–Crippen LogP) is 2.86. The van der Waals surface area contributed by atoms with Crippen molar-refractivity contribution < 1.29 is 19.6 Å². The number of carbonyl (C=O) groups is 2. The number of rotatable bonds is 4. The lowest BCUT2D eigenvalue weighted by Crippen LogP contribution is -3.03. The van der Waals surface area contributed by atoms with E-state index < -0.39 is 18.5 Å². The van der Waals surface area contributed by atoms with Gasteiger partial charge in [-0.1, -0.05) is 17.7 Å². The number of fused-ring (bicyclic) bond motifs is 1. The normalized spacial score (nSPS) is 16.4. The molecule has 1 aromatic carbocycles. The Morgan fingerprint density at radius 1 is 1.31 bits per heavy atom. The van der Waals surface area contributed by atoms with E-state index in [9.17, 15) is 14.9 Å². The van der Waals surface area contributed by atoms with Crippen LogP contribution in [0.5, 0.6) is 0 Å². The highest BCUT2D eigenvalue weighted by atomic mass is 32.1. The third-order valence-corrected chi connectivity index (χ3v) is 6.42. The summed E-state index contributed by atoms with van der Waals surface area (Å²) < 4.78 is 5.13. The molecule has 1 aliphatic rings. The molecule has 1 amide bonds. The molecule has 6 nitrogen and oxygen atoms in total. The minimum absolute atomic E-state index is 0.0339. The van der Waals surface area contributed by atoms with Crippen LogP contribution in [0.4, 0.5) is 5.00 Å². The van der Waals surface area contributed by atoms with E-state index in [1.54, 1.807) is 18.2 Å². The summed E-state index contributed by atoms with van der Waals surface area (Å²) in [4.78, 5) is 25.6. The number of nitriles is 1. The molecule has 3 rings (SSSR count). The number of amides is 1. The van der Waals surface area contributed by atoms with E-state index in [2.05, 4.69) is 44.4 Å². The van der Waals surface area contributed by atoms with Gasteiger partial charge >= 0.3 is 5.97 Å². The minimum Gasteiger partial charge on any atom is -0.452 e. The Balaban J connectivity index is 1.74. The van der Waals surface area contributed by atoms with Crippen molar-refractivity contribution in [3.8, 4) is 6.07 Å². The van der Waals surface area contributed by atoms with Gasteiger partial charge in [0.1, 0.15) is 16.6 Å². The molecular weight excluding hydrogens is 386 g/mol. The number of nitrogens with two attached hydrogens (primary N) is 1. The molecule has 2 heterocycles. The highest BCUT2D eigenvalue weighted by Gasteiger charge is 2.44. The van der Waals surface area contributed by atoms with E-state index in [-0.39, 0.29) is 11.1 Å². The summed E-state index contributed by atoms with van der Waals surface area (Å²) in [5.74, 6) is -1.01. The van der Waals surface area contributed by atoms with Gasteiger partial charge in [-0.3, -0.25) is 4.79 Å². The summed E-state index contributed by atoms with van der Waals surface area (Å²) >= 11 is 1.43. The van der Waals surface area contributed by atoms with Crippen molar-refractivity contribution in [1.82, 2.24) is 0 Å². The van der Waals surface area contributed by atoms with Crippen LogP contribution in [-0.4, -0.2) is 24.0 Å². The molecule has 152 valence electrons. The summed E-state index contributed by atoms with van der Waals surface area (Å²) in [6, 6.07) is 9.26. The number of ether oxygens (including phenoxy) is 1.